The minimum Gasteiger partial charge on any atom is -0.472 e. The number of likely N-dealkylation sites (tertiary alicyclic amines) is 1. The van der Waals surface area contributed by atoms with E-state index < -0.39 is 0 Å². The van der Waals surface area contributed by atoms with Gasteiger partial charge in [0, 0.05) is 19.0 Å². The highest BCUT2D eigenvalue weighted by molar-refractivity contribution is 5.93. The summed E-state index contributed by atoms with van der Waals surface area (Å²) in [5, 5.41) is 4.10. The summed E-state index contributed by atoms with van der Waals surface area (Å²) in [6.45, 7) is 2.14. The van der Waals surface area contributed by atoms with Gasteiger partial charge in [0.15, 0.2) is 5.82 Å². The number of amides is 1. The summed E-state index contributed by atoms with van der Waals surface area (Å²) in [6, 6.07) is 11.6. The number of hydrogen-bond acceptors (Lipinski definition) is 6. The standard InChI is InChI=1S/C20H21N3O4/c24-20(17-8-11-25-13-17)23-9-6-16(7-10-23)19-21-18(27-22-19)14-26-12-15-4-2-1-3-5-15/h1-5,8,11,13,16H,6-7,9-10,12,14H2. The Hall–Kier alpha value is -2.93. The van der Waals surface area contributed by atoms with Gasteiger partial charge in [-0.2, -0.15) is 4.98 Å². The maximum absolute atomic E-state index is 12.3. The van der Waals surface area contributed by atoms with Gasteiger partial charge >= 0.3 is 0 Å². The van der Waals surface area contributed by atoms with Gasteiger partial charge in [-0.25, -0.2) is 0 Å². The average molecular weight is 367 g/mol. The first kappa shape index (κ1) is 17.5. The van der Waals surface area contributed by atoms with Crippen LogP contribution in [0.15, 0.2) is 57.9 Å². The molecule has 0 bridgehead atoms. The summed E-state index contributed by atoms with van der Waals surface area (Å²) >= 11 is 0. The lowest BCUT2D eigenvalue weighted by Crippen LogP contribution is -2.37. The molecule has 3 aromatic rings. The Labute approximate surface area is 156 Å². The lowest BCUT2D eigenvalue weighted by molar-refractivity contribution is 0.0710. The summed E-state index contributed by atoms with van der Waals surface area (Å²) in [6.07, 6.45) is 4.62. The third kappa shape index (κ3) is 4.25. The van der Waals surface area contributed by atoms with Crippen molar-refractivity contribution in [1.82, 2.24) is 15.0 Å². The van der Waals surface area contributed by atoms with E-state index in [-0.39, 0.29) is 11.8 Å². The molecule has 1 aliphatic rings. The van der Waals surface area contributed by atoms with Crippen molar-refractivity contribution in [3.05, 3.63) is 71.8 Å². The topological polar surface area (TPSA) is 81.6 Å². The second kappa shape index (κ2) is 8.18. The van der Waals surface area contributed by atoms with E-state index in [1.807, 2.05) is 35.2 Å². The van der Waals surface area contributed by atoms with Gasteiger partial charge in [-0.1, -0.05) is 35.5 Å². The molecule has 1 amide bonds. The zero-order valence-electron chi connectivity index (χ0n) is 14.9. The number of nitrogens with zero attached hydrogens (tertiary/aromatic N) is 3. The first-order valence-electron chi connectivity index (χ1n) is 9.05. The predicted octanol–water partition coefficient (Wildman–Crippen LogP) is 3.40. The molecule has 4 rings (SSSR count). The highest BCUT2D eigenvalue weighted by Crippen LogP contribution is 2.27. The lowest BCUT2D eigenvalue weighted by Gasteiger charge is -2.30. The smallest absolute Gasteiger partial charge is 0.257 e. The first-order valence-corrected chi connectivity index (χ1v) is 9.05. The molecule has 0 atom stereocenters. The van der Waals surface area contributed by atoms with Crippen LogP contribution >= 0.6 is 0 Å². The van der Waals surface area contributed by atoms with Gasteiger partial charge < -0.3 is 18.6 Å². The molecule has 7 heteroatoms. The molecular formula is C20H21N3O4. The number of carbonyl (C=O) groups excluding carboxylic acids is 1. The Balaban J connectivity index is 1.26. The fourth-order valence-corrected chi connectivity index (χ4v) is 3.23. The Bertz CT molecular complexity index is 853. The highest BCUT2D eigenvalue weighted by Gasteiger charge is 2.27. The summed E-state index contributed by atoms with van der Waals surface area (Å²) < 4.78 is 15.9. The van der Waals surface area contributed by atoms with Gasteiger partial charge in [0.2, 0.25) is 0 Å². The molecule has 0 unspecified atom stereocenters. The minimum atomic E-state index is 0.00492. The molecule has 27 heavy (non-hydrogen) atoms. The largest absolute Gasteiger partial charge is 0.472 e. The molecule has 1 saturated heterocycles. The molecule has 1 aromatic carbocycles. The Morgan fingerprint density at radius 2 is 1.96 bits per heavy atom. The number of ether oxygens (including phenoxy) is 1. The Morgan fingerprint density at radius 3 is 2.70 bits per heavy atom. The van der Waals surface area contributed by atoms with Gasteiger partial charge in [-0.15, -0.1) is 0 Å². The lowest BCUT2D eigenvalue weighted by atomic mass is 9.96. The van der Waals surface area contributed by atoms with Crippen LogP contribution in [0.25, 0.3) is 0 Å². The quantitative estimate of drug-likeness (QED) is 0.664. The first-order chi connectivity index (χ1) is 13.3. The van der Waals surface area contributed by atoms with Crippen LogP contribution in [-0.4, -0.2) is 34.0 Å². The van der Waals surface area contributed by atoms with Crippen LogP contribution in [0.2, 0.25) is 0 Å². The van der Waals surface area contributed by atoms with Gasteiger partial charge in [0.1, 0.15) is 12.9 Å². The molecule has 0 spiro atoms. The van der Waals surface area contributed by atoms with Gasteiger partial charge in [0.05, 0.1) is 18.4 Å². The number of hydrogen-bond donors (Lipinski definition) is 0. The summed E-state index contributed by atoms with van der Waals surface area (Å²) in [5.41, 5.74) is 1.69. The predicted molar refractivity (Wildman–Crippen MR) is 95.8 cm³/mol. The molecule has 0 radical (unpaired) electrons. The van der Waals surface area contributed by atoms with Crippen molar-refractivity contribution >= 4 is 5.91 Å². The maximum atomic E-state index is 12.3. The molecule has 2 aromatic heterocycles. The van der Waals surface area contributed by atoms with Crippen LogP contribution in [0.3, 0.4) is 0 Å². The van der Waals surface area contributed by atoms with Gasteiger partial charge in [0.25, 0.3) is 11.8 Å². The maximum Gasteiger partial charge on any atom is 0.257 e. The van der Waals surface area contributed by atoms with Crippen molar-refractivity contribution < 1.29 is 18.5 Å². The van der Waals surface area contributed by atoms with Crippen molar-refractivity contribution in [2.75, 3.05) is 13.1 Å². The fourth-order valence-electron chi connectivity index (χ4n) is 3.23. The van der Waals surface area contributed by atoms with Crippen LogP contribution in [0, 0.1) is 0 Å². The highest BCUT2D eigenvalue weighted by atomic mass is 16.5. The zero-order chi connectivity index (χ0) is 18.5. The number of rotatable bonds is 6. The molecule has 0 N–H and O–H groups in total. The number of carbonyl (C=O) groups is 1. The van der Waals surface area contributed by atoms with Crippen molar-refractivity contribution in [1.29, 1.82) is 0 Å². The third-order valence-electron chi connectivity index (χ3n) is 4.74. The third-order valence-corrected chi connectivity index (χ3v) is 4.74. The number of aromatic nitrogens is 2. The van der Waals surface area contributed by atoms with E-state index in [9.17, 15) is 4.79 Å². The zero-order valence-corrected chi connectivity index (χ0v) is 14.9. The van der Waals surface area contributed by atoms with Crippen LogP contribution in [0.4, 0.5) is 0 Å². The summed E-state index contributed by atoms with van der Waals surface area (Å²) in [7, 11) is 0. The number of benzene rings is 1. The fraction of sp³-hybridized carbons (Fsp3) is 0.350. The van der Waals surface area contributed by atoms with Crippen LogP contribution in [-0.2, 0) is 18.0 Å². The SMILES string of the molecule is O=C(c1ccoc1)N1CCC(c2noc(COCc3ccccc3)n2)CC1. The average Bonchev–Trinajstić information content (AvgIpc) is 3.41. The normalized spacial score (nSPS) is 15.2. The van der Waals surface area contributed by atoms with Crippen LogP contribution in [0.1, 0.15) is 46.4 Å². The van der Waals surface area contributed by atoms with E-state index in [0.717, 1.165) is 18.4 Å². The van der Waals surface area contributed by atoms with E-state index in [1.165, 1.54) is 12.5 Å². The Morgan fingerprint density at radius 1 is 1.15 bits per heavy atom. The minimum absolute atomic E-state index is 0.00492. The van der Waals surface area contributed by atoms with E-state index in [0.29, 0.717) is 43.6 Å². The number of furan rings is 1. The molecule has 7 nitrogen and oxygen atoms in total. The molecule has 1 fully saturated rings. The van der Waals surface area contributed by atoms with Gasteiger partial charge in [-0.3, -0.25) is 4.79 Å². The van der Waals surface area contributed by atoms with Crippen LogP contribution < -0.4 is 0 Å². The molecule has 1 aliphatic heterocycles. The summed E-state index contributed by atoms with van der Waals surface area (Å²) in [4.78, 5) is 18.6. The van der Waals surface area contributed by atoms with E-state index >= 15 is 0 Å². The molecular weight excluding hydrogens is 346 g/mol. The van der Waals surface area contributed by atoms with Crippen molar-refractivity contribution in [3.63, 3.8) is 0 Å². The van der Waals surface area contributed by atoms with Crippen molar-refractivity contribution in [2.45, 2.75) is 32.0 Å². The van der Waals surface area contributed by atoms with Crippen molar-refractivity contribution in [2.24, 2.45) is 0 Å². The van der Waals surface area contributed by atoms with Crippen molar-refractivity contribution in [3.8, 4) is 0 Å². The van der Waals surface area contributed by atoms with Crippen LogP contribution in [0.5, 0.6) is 0 Å². The molecule has 3 heterocycles. The van der Waals surface area contributed by atoms with E-state index in [1.54, 1.807) is 6.07 Å². The Kier molecular flexibility index (Phi) is 5.29. The van der Waals surface area contributed by atoms with E-state index in [4.69, 9.17) is 13.7 Å². The number of piperidine rings is 1. The monoisotopic (exact) mass is 367 g/mol. The molecule has 140 valence electrons. The second-order valence-electron chi connectivity index (χ2n) is 6.60. The summed E-state index contributed by atoms with van der Waals surface area (Å²) in [5.74, 6) is 1.39. The molecule has 0 aliphatic carbocycles. The van der Waals surface area contributed by atoms with E-state index in [2.05, 4.69) is 10.1 Å². The second-order valence-corrected chi connectivity index (χ2v) is 6.60. The molecule has 0 saturated carbocycles. The van der Waals surface area contributed by atoms with Gasteiger partial charge in [-0.05, 0) is 24.5 Å².